The number of rotatable bonds is 9. The van der Waals surface area contributed by atoms with E-state index in [2.05, 4.69) is 69.3 Å². The molecule has 2 aliphatic heterocycles. The van der Waals surface area contributed by atoms with Crippen LogP contribution in [0.5, 0.6) is 0 Å². The second kappa shape index (κ2) is 15.7. The van der Waals surface area contributed by atoms with Gasteiger partial charge in [0.05, 0.1) is 24.6 Å². The van der Waals surface area contributed by atoms with Crippen molar-refractivity contribution in [3.05, 3.63) is 130 Å². The van der Waals surface area contributed by atoms with Gasteiger partial charge in [-0.1, -0.05) is 81.4 Å². The van der Waals surface area contributed by atoms with E-state index in [0.717, 1.165) is 6.07 Å². The summed E-state index contributed by atoms with van der Waals surface area (Å²) >= 11 is 0. The van der Waals surface area contributed by atoms with Crippen molar-refractivity contribution in [2.45, 2.75) is 57.7 Å². The van der Waals surface area contributed by atoms with Crippen molar-refractivity contribution >= 4 is 47.1 Å². The Labute approximate surface area is 322 Å². The number of hydrogen-bond donors (Lipinski definition) is 0. The van der Waals surface area contributed by atoms with E-state index >= 15 is 0 Å². The van der Waals surface area contributed by atoms with Crippen molar-refractivity contribution < 1.29 is 27.2 Å². The third kappa shape index (κ3) is 7.70. The molecule has 0 spiro atoms. The van der Waals surface area contributed by atoms with Crippen molar-refractivity contribution in [3.63, 3.8) is 0 Å². The maximum Gasteiger partial charge on any atom is 0.261 e. The minimum atomic E-state index is -2.78. The molecule has 1 aromatic heterocycles. The quantitative estimate of drug-likeness (QED) is 0.146. The lowest BCUT2D eigenvalue weighted by Crippen LogP contribution is -2.68. The predicted molar refractivity (Wildman–Crippen MR) is 216 cm³/mol. The molecule has 11 heteroatoms. The summed E-state index contributed by atoms with van der Waals surface area (Å²) < 4.78 is 48.1. The van der Waals surface area contributed by atoms with Crippen LogP contribution >= 0.6 is 0 Å². The Morgan fingerprint density at radius 1 is 0.855 bits per heavy atom. The Bertz CT molecular complexity index is 2140. The van der Waals surface area contributed by atoms with Gasteiger partial charge in [0.15, 0.2) is 11.3 Å². The number of carbonyl (C=O) groups is 1. The minimum absolute atomic E-state index is 0.0616. The molecule has 1 amide bonds. The summed E-state index contributed by atoms with van der Waals surface area (Å²) in [5, 5.41) is 2.53. The molecule has 4 aromatic carbocycles. The van der Waals surface area contributed by atoms with Crippen LogP contribution in [0.4, 0.5) is 20.4 Å². The van der Waals surface area contributed by atoms with Gasteiger partial charge in [0.2, 0.25) is 0 Å². The number of piperidine rings is 1. The number of fused-ring (bicyclic) bond motifs is 1. The van der Waals surface area contributed by atoms with Crippen molar-refractivity contribution in [2.24, 2.45) is 0 Å². The van der Waals surface area contributed by atoms with Crippen molar-refractivity contribution in [3.8, 4) is 0 Å². The molecule has 2 fully saturated rings. The van der Waals surface area contributed by atoms with Crippen LogP contribution in [0, 0.1) is 11.6 Å². The fraction of sp³-hybridized carbons (Fsp3) is 0.364. The molecule has 1 atom stereocenters. The molecule has 288 valence electrons. The van der Waals surface area contributed by atoms with Gasteiger partial charge in [-0.05, 0) is 59.4 Å². The zero-order chi connectivity index (χ0) is 38.9. The van der Waals surface area contributed by atoms with Crippen molar-refractivity contribution in [1.82, 2.24) is 4.90 Å². The third-order valence-electron chi connectivity index (χ3n) is 11.2. The molecule has 3 heterocycles. The van der Waals surface area contributed by atoms with Crippen LogP contribution in [0.15, 0.2) is 106 Å². The monoisotopic (exact) mass is 765 g/mol. The summed E-state index contributed by atoms with van der Waals surface area (Å²) in [5.74, 6) is -1.19. The Morgan fingerprint density at radius 3 is 2.00 bits per heavy atom. The zero-order valence-electron chi connectivity index (χ0n) is 32.2. The van der Waals surface area contributed by atoms with Crippen LogP contribution in [0.25, 0.3) is 11.0 Å². The first kappa shape index (κ1) is 38.4. The highest BCUT2D eigenvalue weighted by Gasteiger charge is 2.51. The Morgan fingerprint density at radius 2 is 1.44 bits per heavy atom. The lowest BCUT2D eigenvalue weighted by atomic mass is 9.98. The summed E-state index contributed by atoms with van der Waals surface area (Å²) in [6.07, 6.45) is 1.26. The zero-order valence-corrected chi connectivity index (χ0v) is 33.2. The Kier molecular flexibility index (Phi) is 11.0. The second-order valence-corrected chi connectivity index (χ2v) is 19.9. The number of hydrogen-bond acceptors (Lipinski definition) is 7. The topological polar surface area (TPSA) is 75.5 Å². The summed E-state index contributed by atoms with van der Waals surface area (Å²) in [5.41, 5.74) is 1.28. The first-order valence-corrected chi connectivity index (χ1v) is 21.0. The molecule has 0 radical (unpaired) electrons. The smallest absolute Gasteiger partial charge is 0.261 e. The van der Waals surface area contributed by atoms with Crippen LogP contribution in [-0.2, 0) is 9.16 Å². The van der Waals surface area contributed by atoms with Gasteiger partial charge >= 0.3 is 0 Å². The largest absolute Gasteiger partial charge is 0.440 e. The maximum atomic E-state index is 14.4. The number of likely N-dealkylation sites (tertiary alicyclic amines) is 1. The number of amides is 1. The summed E-state index contributed by atoms with van der Waals surface area (Å²) in [6.45, 7) is 11.8. The van der Waals surface area contributed by atoms with Crippen LogP contribution in [0.2, 0.25) is 5.04 Å². The summed E-state index contributed by atoms with van der Waals surface area (Å²) in [4.78, 5) is 33.7. The van der Waals surface area contributed by atoms with Crippen LogP contribution in [0.1, 0.15) is 62.5 Å². The average molecular weight is 766 g/mol. The second-order valence-electron chi connectivity index (χ2n) is 15.7. The number of morpholine rings is 1. The van der Waals surface area contributed by atoms with Crippen LogP contribution in [-0.4, -0.2) is 71.7 Å². The van der Waals surface area contributed by atoms with E-state index in [1.54, 1.807) is 24.1 Å². The van der Waals surface area contributed by atoms with Gasteiger partial charge in [-0.15, -0.1) is 0 Å². The molecular formula is C44H49F2N3O5Si. The number of benzene rings is 4. The molecule has 8 nitrogen and oxygen atoms in total. The van der Waals surface area contributed by atoms with E-state index in [0.29, 0.717) is 80.5 Å². The predicted octanol–water partition coefficient (Wildman–Crippen LogP) is 7.29. The number of anilines is 2. The Hall–Kier alpha value is -4.84. The summed E-state index contributed by atoms with van der Waals surface area (Å²) in [6, 6.07) is 28.8. The van der Waals surface area contributed by atoms with Gasteiger partial charge in [-0.25, -0.2) is 8.78 Å². The SMILES string of the molecule is CC(c1cc(C(=O)N2CCC(O[Si](c3ccccc3)(c3ccccc3)C(C)(C)C)CC2)cc2c(=O)cc(N3CCOCC3)oc12)N(C)c1cc(F)cc(F)c1. The van der Waals surface area contributed by atoms with E-state index in [-0.39, 0.29) is 27.9 Å². The minimum Gasteiger partial charge on any atom is -0.440 e. The molecule has 2 saturated heterocycles. The van der Waals surface area contributed by atoms with E-state index in [9.17, 15) is 18.4 Å². The number of carbonyl (C=O) groups excluding carboxylic acids is 1. The molecule has 0 aliphatic carbocycles. The van der Waals surface area contributed by atoms with Crippen LogP contribution in [0.3, 0.4) is 0 Å². The molecule has 0 bridgehead atoms. The average Bonchev–Trinajstić information content (AvgIpc) is 3.19. The Balaban J connectivity index is 1.20. The van der Waals surface area contributed by atoms with Gasteiger partial charge in [0, 0.05) is 68.3 Å². The molecule has 7 rings (SSSR count). The first-order valence-electron chi connectivity index (χ1n) is 19.1. The lowest BCUT2D eigenvalue weighted by molar-refractivity contribution is 0.0578. The van der Waals surface area contributed by atoms with Crippen molar-refractivity contribution in [2.75, 3.05) is 56.2 Å². The van der Waals surface area contributed by atoms with E-state index < -0.39 is 26.0 Å². The summed E-state index contributed by atoms with van der Waals surface area (Å²) in [7, 11) is -1.06. The third-order valence-corrected chi connectivity index (χ3v) is 16.3. The molecule has 1 unspecified atom stereocenters. The highest BCUT2D eigenvalue weighted by Crippen LogP contribution is 2.39. The van der Waals surface area contributed by atoms with Crippen LogP contribution < -0.4 is 25.6 Å². The molecular weight excluding hydrogens is 717 g/mol. The van der Waals surface area contributed by atoms with E-state index in [1.165, 1.54) is 28.6 Å². The number of nitrogens with zero attached hydrogens (tertiary/aromatic N) is 3. The first-order chi connectivity index (χ1) is 26.4. The van der Waals surface area contributed by atoms with Gasteiger partial charge in [-0.3, -0.25) is 9.59 Å². The maximum absolute atomic E-state index is 14.4. The standard InChI is InChI=1S/C44H49F2N3O5Si/c1-30(47(5)34-27-32(45)26-33(46)28-34)38-24-31(25-39-40(50)29-41(53-42(38)39)48-20-22-52-23-21-48)43(51)49-18-16-35(17-19-49)54-55(44(2,3)4,36-12-8-6-9-13-36)37-14-10-7-11-15-37/h6-15,24-30,35H,16-23H2,1-5H3. The number of ether oxygens (including phenoxy) is 1. The van der Waals surface area contributed by atoms with Gasteiger partial charge < -0.3 is 28.3 Å². The van der Waals surface area contributed by atoms with Gasteiger partial charge in [-0.2, -0.15) is 0 Å². The fourth-order valence-corrected chi connectivity index (χ4v) is 12.9. The van der Waals surface area contributed by atoms with Gasteiger partial charge in [0.25, 0.3) is 14.2 Å². The lowest BCUT2D eigenvalue weighted by Gasteiger charge is -2.46. The molecule has 5 aromatic rings. The molecule has 0 saturated carbocycles. The molecule has 0 N–H and O–H groups in total. The van der Waals surface area contributed by atoms with E-state index in [1.807, 2.05) is 28.9 Å². The number of halogens is 2. The van der Waals surface area contributed by atoms with Crippen molar-refractivity contribution in [1.29, 1.82) is 0 Å². The molecule has 2 aliphatic rings. The van der Waals surface area contributed by atoms with E-state index in [4.69, 9.17) is 13.6 Å². The van der Waals surface area contributed by atoms with Gasteiger partial charge in [0.1, 0.15) is 17.2 Å². The highest BCUT2D eigenvalue weighted by molar-refractivity contribution is 6.99. The highest BCUT2D eigenvalue weighted by atomic mass is 28.4. The fourth-order valence-electron chi connectivity index (χ4n) is 8.12. The normalized spacial score (nSPS) is 16.3. The molecule has 55 heavy (non-hydrogen) atoms.